The number of fused-ring (bicyclic) bond motifs is 1. The third-order valence-electron chi connectivity index (χ3n) is 5.50. The normalized spacial score (nSPS) is 14.8. The van der Waals surface area contributed by atoms with Crippen LogP contribution in [-0.4, -0.2) is 44.8 Å². The van der Waals surface area contributed by atoms with E-state index in [1.807, 2.05) is 41.3 Å². The minimum Gasteiger partial charge on any atom is -0.467 e. The molecule has 3 heterocycles. The van der Waals surface area contributed by atoms with Crippen LogP contribution in [0.25, 0.3) is 21.5 Å². The summed E-state index contributed by atoms with van der Waals surface area (Å²) in [6.07, 6.45) is 1.43. The maximum absolute atomic E-state index is 13.4. The number of likely N-dealkylation sites (tertiary alicyclic amines) is 1. The lowest BCUT2D eigenvalue weighted by Gasteiger charge is -2.31. The molecule has 0 unspecified atom stereocenters. The van der Waals surface area contributed by atoms with Crippen LogP contribution in [0, 0.1) is 5.82 Å². The predicted molar refractivity (Wildman–Crippen MR) is 118 cm³/mol. The highest BCUT2D eigenvalue weighted by Crippen LogP contribution is 2.30. The highest BCUT2D eigenvalue weighted by atomic mass is 32.1. The molecule has 1 saturated heterocycles. The molecule has 2 aromatic heterocycles. The van der Waals surface area contributed by atoms with E-state index in [1.165, 1.54) is 23.5 Å². The fraction of sp³-hybridized carbons (Fsp3) is 0.261. The Morgan fingerprint density at radius 2 is 1.90 bits per heavy atom. The zero-order valence-corrected chi connectivity index (χ0v) is 17.8. The van der Waals surface area contributed by atoms with Crippen LogP contribution in [0.2, 0.25) is 0 Å². The topological polar surface area (TPSA) is 60.2 Å². The first-order valence-corrected chi connectivity index (χ1v) is 11.0. The van der Waals surface area contributed by atoms with E-state index >= 15 is 0 Å². The molecule has 1 fully saturated rings. The molecule has 1 aliphatic rings. The Bertz CT molecular complexity index is 1230. The first-order chi connectivity index (χ1) is 15.1. The largest absolute Gasteiger partial charge is 0.467 e. The minimum absolute atomic E-state index is 0.0131. The molecule has 2 aromatic carbocycles. The first kappa shape index (κ1) is 19.7. The van der Waals surface area contributed by atoms with Crippen LogP contribution in [0.3, 0.4) is 0 Å². The molecule has 0 atom stereocenters. The molecule has 5 rings (SSSR count). The molecule has 0 bridgehead atoms. The summed E-state index contributed by atoms with van der Waals surface area (Å²) in [5.74, 6) is -0.300. The molecule has 1 amide bonds. The molecule has 0 radical (unpaired) electrons. The summed E-state index contributed by atoms with van der Waals surface area (Å²) < 4.78 is 21.8. The van der Waals surface area contributed by atoms with Gasteiger partial charge >= 0.3 is 0 Å². The number of benzene rings is 2. The number of carbonyl (C=O) groups excluding carboxylic acids is 1. The zero-order chi connectivity index (χ0) is 21.4. The Kier molecular flexibility index (Phi) is 5.15. The van der Waals surface area contributed by atoms with Gasteiger partial charge in [0.2, 0.25) is 0 Å². The average Bonchev–Trinajstić information content (AvgIpc) is 3.37. The van der Waals surface area contributed by atoms with Crippen molar-refractivity contribution in [3.63, 3.8) is 0 Å². The van der Waals surface area contributed by atoms with Crippen molar-refractivity contribution >= 4 is 27.5 Å². The number of nitrogens with zero attached hydrogens (tertiary/aromatic N) is 4. The van der Waals surface area contributed by atoms with Gasteiger partial charge < -0.3 is 9.64 Å². The monoisotopic (exact) mass is 436 g/mol. The van der Waals surface area contributed by atoms with E-state index in [4.69, 9.17) is 4.74 Å². The molecule has 0 saturated carbocycles. The molecule has 158 valence electrons. The van der Waals surface area contributed by atoms with Crippen molar-refractivity contribution in [2.24, 2.45) is 7.05 Å². The summed E-state index contributed by atoms with van der Waals surface area (Å²) in [4.78, 5) is 19.3. The fourth-order valence-corrected chi connectivity index (χ4v) is 4.73. The second-order valence-electron chi connectivity index (χ2n) is 7.61. The van der Waals surface area contributed by atoms with E-state index in [1.54, 1.807) is 17.8 Å². The van der Waals surface area contributed by atoms with Crippen LogP contribution >= 0.6 is 11.3 Å². The SMILES string of the molecule is Cn1nc(-c2ccccc2)cc1C(=O)N1CCC(Oc2nc3ccc(F)cc3s2)CC1. The number of aromatic nitrogens is 3. The summed E-state index contributed by atoms with van der Waals surface area (Å²) in [6.45, 7) is 1.21. The number of thiazole rings is 1. The van der Waals surface area contributed by atoms with Crippen molar-refractivity contribution in [3.8, 4) is 16.5 Å². The van der Waals surface area contributed by atoms with Crippen molar-refractivity contribution in [1.82, 2.24) is 19.7 Å². The van der Waals surface area contributed by atoms with Crippen LogP contribution < -0.4 is 4.74 Å². The summed E-state index contributed by atoms with van der Waals surface area (Å²) in [6, 6.07) is 16.2. The van der Waals surface area contributed by atoms with Gasteiger partial charge in [0.15, 0.2) is 0 Å². The summed E-state index contributed by atoms with van der Waals surface area (Å²) >= 11 is 1.35. The number of aryl methyl sites for hydroxylation is 1. The fourth-order valence-electron chi connectivity index (χ4n) is 3.83. The van der Waals surface area contributed by atoms with Crippen LogP contribution in [-0.2, 0) is 7.05 Å². The van der Waals surface area contributed by atoms with Crippen molar-refractivity contribution in [2.75, 3.05) is 13.1 Å². The van der Waals surface area contributed by atoms with E-state index in [0.717, 1.165) is 34.3 Å². The Balaban J connectivity index is 1.23. The highest BCUT2D eigenvalue weighted by Gasteiger charge is 2.27. The van der Waals surface area contributed by atoms with E-state index in [-0.39, 0.29) is 17.8 Å². The van der Waals surface area contributed by atoms with Gasteiger partial charge in [-0.1, -0.05) is 41.7 Å². The number of hydrogen-bond donors (Lipinski definition) is 0. The molecule has 6 nitrogen and oxygen atoms in total. The van der Waals surface area contributed by atoms with Gasteiger partial charge in [0.25, 0.3) is 11.1 Å². The molecule has 31 heavy (non-hydrogen) atoms. The van der Waals surface area contributed by atoms with Gasteiger partial charge in [0, 0.05) is 38.5 Å². The second-order valence-corrected chi connectivity index (χ2v) is 8.60. The number of carbonyl (C=O) groups is 1. The molecular formula is C23H21FN4O2S. The maximum Gasteiger partial charge on any atom is 0.274 e. The van der Waals surface area contributed by atoms with Gasteiger partial charge in [0.05, 0.1) is 15.9 Å². The Labute approximate surface area is 182 Å². The van der Waals surface area contributed by atoms with Gasteiger partial charge in [-0.15, -0.1) is 0 Å². The average molecular weight is 437 g/mol. The van der Waals surface area contributed by atoms with Crippen molar-refractivity contribution in [3.05, 3.63) is 66.1 Å². The van der Waals surface area contributed by atoms with Crippen molar-refractivity contribution < 1.29 is 13.9 Å². The number of halogens is 1. The molecule has 1 aliphatic heterocycles. The number of rotatable bonds is 4. The van der Waals surface area contributed by atoms with Crippen LogP contribution in [0.4, 0.5) is 4.39 Å². The van der Waals surface area contributed by atoms with E-state index in [9.17, 15) is 9.18 Å². The van der Waals surface area contributed by atoms with E-state index in [2.05, 4.69) is 10.1 Å². The summed E-state index contributed by atoms with van der Waals surface area (Å²) in [5.41, 5.74) is 3.09. The summed E-state index contributed by atoms with van der Waals surface area (Å²) in [7, 11) is 1.80. The molecule has 4 aromatic rings. The van der Waals surface area contributed by atoms with Gasteiger partial charge in [-0.2, -0.15) is 5.10 Å². The quantitative estimate of drug-likeness (QED) is 0.472. The first-order valence-electron chi connectivity index (χ1n) is 10.2. The van der Waals surface area contributed by atoms with Crippen LogP contribution in [0.5, 0.6) is 5.19 Å². The lowest BCUT2D eigenvalue weighted by Crippen LogP contribution is -2.42. The molecule has 8 heteroatoms. The second kappa shape index (κ2) is 8.11. The van der Waals surface area contributed by atoms with Crippen LogP contribution in [0.15, 0.2) is 54.6 Å². The lowest BCUT2D eigenvalue weighted by molar-refractivity contribution is 0.0585. The van der Waals surface area contributed by atoms with E-state index < -0.39 is 0 Å². The minimum atomic E-state index is -0.278. The Hall–Kier alpha value is -3.26. The molecule has 0 spiro atoms. The third kappa shape index (κ3) is 4.03. The molecule has 0 aliphatic carbocycles. The number of piperidine rings is 1. The highest BCUT2D eigenvalue weighted by molar-refractivity contribution is 7.20. The van der Waals surface area contributed by atoms with E-state index in [0.29, 0.717) is 24.0 Å². The van der Waals surface area contributed by atoms with Crippen molar-refractivity contribution in [2.45, 2.75) is 18.9 Å². The van der Waals surface area contributed by atoms with Gasteiger partial charge in [-0.05, 0) is 24.3 Å². The van der Waals surface area contributed by atoms with Gasteiger partial charge in [0.1, 0.15) is 17.6 Å². The Morgan fingerprint density at radius 3 is 2.68 bits per heavy atom. The standard InChI is InChI=1S/C23H21FN4O2S/c1-27-20(14-19(26-27)15-5-3-2-4-6-15)22(29)28-11-9-17(10-12-28)30-23-25-18-8-7-16(24)13-21(18)31-23/h2-8,13-14,17H,9-12H2,1H3. The maximum atomic E-state index is 13.4. The molecular weight excluding hydrogens is 415 g/mol. The van der Waals surface area contributed by atoms with Gasteiger partial charge in [-0.3, -0.25) is 9.48 Å². The molecule has 0 N–H and O–H groups in total. The lowest BCUT2D eigenvalue weighted by atomic mass is 10.1. The Morgan fingerprint density at radius 1 is 1.13 bits per heavy atom. The number of amides is 1. The number of hydrogen-bond acceptors (Lipinski definition) is 5. The van der Waals surface area contributed by atoms with Crippen LogP contribution in [0.1, 0.15) is 23.3 Å². The van der Waals surface area contributed by atoms with Gasteiger partial charge in [-0.25, -0.2) is 9.37 Å². The predicted octanol–water partition coefficient (Wildman–Crippen LogP) is 4.52. The summed E-state index contributed by atoms with van der Waals surface area (Å²) in [5, 5.41) is 5.05. The smallest absolute Gasteiger partial charge is 0.274 e. The zero-order valence-electron chi connectivity index (χ0n) is 17.0. The number of ether oxygens (including phenoxy) is 1. The third-order valence-corrected chi connectivity index (χ3v) is 6.41. The van der Waals surface area contributed by atoms with Crippen molar-refractivity contribution in [1.29, 1.82) is 0 Å².